The molecule has 0 heterocycles. The Balaban J connectivity index is 1.87. The number of terminal acetylenes is 1. The number of halogens is 1. The number of carbonyl (C=O) groups is 1. The van der Waals surface area contributed by atoms with Gasteiger partial charge in [-0.05, 0) is 62.7 Å². The molecule has 0 aliphatic carbocycles. The SMILES string of the molecule is C#CC(C)(C)NC(=O)C(C)Oc1ccc(COc2ccc(Cl)cc2)cc1. The monoisotopic (exact) mass is 371 g/mol. The zero-order chi connectivity index (χ0) is 19.2. The highest BCUT2D eigenvalue weighted by molar-refractivity contribution is 6.30. The van der Waals surface area contributed by atoms with Gasteiger partial charge in [0.1, 0.15) is 18.1 Å². The molecule has 0 aliphatic heterocycles. The first-order chi connectivity index (χ1) is 12.3. The summed E-state index contributed by atoms with van der Waals surface area (Å²) in [7, 11) is 0. The summed E-state index contributed by atoms with van der Waals surface area (Å²) in [5, 5.41) is 3.42. The average Bonchev–Trinajstić information content (AvgIpc) is 2.62. The molecule has 0 aliphatic rings. The lowest BCUT2D eigenvalue weighted by Crippen LogP contribution is -2.47. The van der Waals surface area contributed by atoms with E-state index in [2.05, 4.69) is 11.2 Å². The zero-order valence-electron chi connectivity index (χ0n) is 15.1. The second kappa shape index (κ2) is 8.64. The van der Waals surface area contributed by atoms with Crippen LogP contribution in [0.1, 0.15) is 26.3 Å². The van der Waals surface area contributed by atoms with Crippen molar-refractivity contribution in [1.82, 2.24) is 5.32 Å². The maximum atomic E-state index is 12.1. The van der Waals surface area contributed by atoms with Crippen LogP contribution in [-0.2, 0) is 11.4 Å². The van der Waals surface area contributed by atoms with Gasteiger partial charge in [-0.15, -0.1) is 6.42 Å². The van der Waals surface area contributed by atoms with Crippen LogP contribution < -0.4 is 14.8 Å². The van der Waals surface area contributed by atoms with Gasteiger partial charge in [0.05, 0.1) is 5.54 Å². The Morgan fingerprint density at radius 2 is 1.73 bits per heavy atom. The predicted octanol–water partition coefficient (Wildman–Crippen LogP) is 4.21. The minimum atomic E-state index is -0.711. The van der Waals surface area contributed by atoms with Gasteiger partial charge in [-0.25, -0.2) is 0 Å². The van der Waals surface area contributed by atoms with Crippen molar-refractivity contribution in [3.05, 3.63) is 59.1 Å². The van der Waals surface area contributed by atoms with Gasteiger partial charge in [0, 0.05) is 5.02 Å². The molecule has 0 spiro atoms. The Morgan fingerprint density at radius 3 is 2.31 bits per heavy atom. The number of carbonyl (C=O) groups excluding carboxylic acids is 1. The Morgan fingerprint density at radius 1 is 1.15 bits per heavy atom. The molecule has 0 saturated carbocycles. The van der Waals surface area contributed by atoms with E-state index in [1.165, 1.54) is 0 Å². The van der Waals surface area contributed by atoms with Crippen LogP contribution in [0.5, 0.6) is 11.5 Å². The molecule has 0 fully saturated rings. The number of hydrogen-bond donors (Lipinski definition) is 1. The molecule has 1 N–H and O–H groups in total. The summed E-state index contributed by atoms with van der Waals surface area (Å²) in [6.45, 7) is 5.62. The lowest BCUT2D eigenvalue weighted by Gasteiger charge is -2.22. The van der Waals surface area contributed by atoms with E-state index in [1.54, 1.807) is 45.0 Å². The highest BCUT2D eigenvalue weighted by atomic mass is 35.5. The first-order valence-electron chi connectivity index (χ1n) is 8.23. The molecule has 1 atom stereocenters. The van der Waals surface area contributed by atoms with Crippen LogP contribution in [-0.4, -0.2) is 17.6 Å². The fraction of sp³-hybridized carbons (Fsp3) is 0.286. The second-order valence-electron chi connectivity index (χ2n) is 6.41. The van der Waals surface area contributed by atoms with E-state index in [9.17, 15) is 4.79 Å². The van der Waals surface area contributed by atoms with Crippen molar-refractivity contribution in [2.45, 2.75) is 39.0 Å². The van der Waals surface area contributed by atoms with E-state index < -0.39 is 11.6 Å². The molecule has 0 aromatic heterocycles. The quantitative estimate of drug-likeness (QED) is 0.741. The molecule has 0 bridgehead atoms. The number of ether oxygens (including phenoxy) is 2. The summed E-state index contributed by atoms with van der Waals surface area (Å²) in [4.78, 5) is 12.1. The third kappa shape index (κ3) is 6.02. The van der Waals surface area contributed by atoms with Crippen molar-refractivity contribution in [3.63, 3.8) is 0 Å². The lowest BCUT2D eigenvalue weighted by atomic mass is 10.1. The number of hydrogen-bond acceptors (Lipinski definition) is 3. The topological polar surface area (TPSA) is 47.6 Å². The van der Waals surface area contributed by atoms with E-state index in [-0.39, 0.29) is 5.91 Å². The van der Waals surface area contributed by atoms with Crippen LogP contribution in [0.15, 0.2) is 48.5 Å². The number of rotatable bonds is 7. The highest BCUT2D eigenvalue weighted by Crippen LogP contribution is 2.19. The summed E-state index contributed by atoms with van der Waals surface area (Å²) in [5.74, 6) is 3.60. The Bertz CT molecular complexity index is 776. The molecule has 0 saturated heterocycles. The van der Waals surface area contributed by atoms with Crippen molar-refractivity contribution in [1.29, 1.82) is 0 Å². The second-order valence-corrected chi connectivity index (χ2v) is 6.84. The minimum absolute atomic E-state index is 0.261. The van der Waals surface area contributed by atoms with Crippen LogP contribution in [0.25, 0.3) is 0 Å². The largest absolute Gasteiger partial charge is 0.489 e. The standard InChI is InChI=1S/C21H22ClNO3/c1-5-21(3,4)23-20(24)15(2)26-19-10-6-16(7-11-19)14-25-18-12-8-17(22)9-13-18/h1,6-13,15H,14H2,2-4H3,(H,23,24). The lowest BCUT2D eigenvalue weighted by molar-refractivity contribution is -0.128. The first kappa shape index (κ1) is 19.7. The third-order valence-electron chi connectivity index (χ3n) is 3.62. The summed E-state index contributed by atoms with van der Waals surface area (Å²) in [6.07, 6.45) is 4.72. The van der Waals surface area contributed by atoms with Crippen LogP contribution >= 0.6 is 11.6 Å². The van der Waals surface area contributed by atoms with Gasteiger partial charge in [-0.3, -0.25) is 4.79 Å². The highest BCUT2D eigenvalue weighted by Gasteiger charge is 2.22. The summed E-state index contributed by atoms with van der Waals surface area (Å²) in [5.41, 5.74) is 0.273. The molecule has 4 nitrogen and oxygen atoms in total. The van der Waals surface area contributed by atoms with Gasteiger partial charge in [0.2, 0.25) is 0 Å². The van der Waals surface area contributed by atoms with Crippen molar-refractivity contribution in [2.24, 2.45) is 0 Å². The van der Waals surface area contributed by atoms with Gasteiger partial charge in [-0.1, -0.05) is 29.7 Å². The molecule has 1 unspecified atom stereocenters. The van der Waals surface area contributed by atoms with Crippen molar-refractivity contribution >= 4 is 17.5 Å². The van der Waals surface area contributed by atoms with Gasteiger partial charge in [-0.2, -0.15) is 0 Å². The fourth-order valence-corrected chi connectivity index (χ4v) is 2.19. The van der Waals surface area contributed by atoms with Crippen LogP contribution in [0.3, 0.4) is 0 Å². The Kier molecular flexibility index (Phi) is 6.54. The molecule has 2 rings (SSSR count). The normalized spacial score (nSPS) is 12.0. The van der Waals surface area contributed by atoms with Gasteiger partial charge >= 0.3 is 0 Å². The summed E-state index contributed by atoms with van der Waals surface area (Å²) >= 11 is 5.85. The third-order valence-corrected chi connectivity index (χ3v) is 3.87. The average molecular weight is 372 g/mol. The first-order valence-corrected chi connectivity index (χ1v) is 8.60. The molecule has 136 valence electrons. The molecule has 0 radical (unpaired) electrons. The molecule has 2 aromatic carbocycles. The van der Waals surface area contributed by atoms with Gasteiger partial charge in [0.25, 0.3) is 5.91 Å². The molecule has 1 amide bonds. The van der Waals surface area contributed by atoms with Crippen LogP contribution in [0, 0.1) is 12.3 Å². The summed E-state index contributed by atoms with van der Waals surface area (Å²) in [6, 6.07) is 14.6. The maximum Gasteiger partial charge on any atom is 0.261 e. The molecule has 5 heteroatoms. The van der Waals surface area contributed by atoms with E-state index in [0.717, 1.165) is 11.3 Å². The maximum absolute atomic E-state index is 12.1. The number of nitrogens with one attached hydrogen (secondary N) is 1. The molecular formula is C21H22ClNO3. The van der Waals surface area contributed by atoms with Crippen molar-refractivity contribution in [2.75, 3.05) is 0 Å². The van der Waals surface area contributed by atoms with E-state index in [1.807, 2.05) is 24.3 Å². The number of benzene rings is 2. The van der Waals surface area contributed by atoms with Gasteiger partial charge < -0.3 is 14.8 Å². The fourth-order valence-electron chi connectivity index (χ4n) is 2.07. The molecule has 26 heavy (non-hydrogen) atoms. The van der Waals surface area contributed by atoms with E-state index >= 15 is 0 Å². The smallest absolute Gasteiger partial charge is 0.261 e. The van der Waals surface area contributed by atoms with Gasteiger partial charge in [0.15, 0.2) is 6.10 Å². The van der Waals surface area contributed by atoms with Crippen molar-refractivity contribution in [3.8, 4) is 23.8 Å². The van der Waals surface area contributed by atoms with Crippen molar-refractivity contribution < 1.29 is 14.3 Å². The Labute approximate surface area is 159 Å². The molecular weight excluding hydrogens is 350 g/mol. The minimum Gasteiger partial charge on any atom is -0.489 e. The number of amides is 1. The van der Waals surface area contributed by atoms with Crippen LogP contribution in [0.2, 0.25) is 5.02 Å². The summed E-state index contributed by atoms with van der Waals surface area (Å²) < 4.78 is 11.4. The van der Waals surface area contributed by atoms with Crippen LogP contribution in [0.4, 0.5) is 0 Å². The van der Waals surface area contributed by atoms with E-state index in [4.69, 9.17) is 27.5 Å². The predicted molar refractivity (Wildman–Crippen MR) is 103 cm³/mol. The van der Waals surface area contributed by atoms with E-state index in [0.29, 0.717) is 17.4 Å². The Hall–Kier alpha value is -2.64. The zero-order valence-corrected chi connectivity index (χ0v) is 15.8. The molecule has 2 aromatic rings.